The molecule has 2 fully saturated rings. The van der Waals surface area contributed by atoms with E-state index < -0.39 is 47.4 Å². The number of likely N-dealkylation sites (tertiary alicyclic amines) is 1. The number of Topliss-reactive ketones (excluding diaryl/α,β-unsaturated/α-hetero) is 1. The minimum Gasteiger partial charge on any atom is -0.444 e. The Balaban J connectivity index is 1.88. The number of rotatable bonds is 12. The predicted molar refractivity (Wildman–Crippen MR) is 160 cm³/mol. The third-order valence-corrected chi connectivity index (χ3v) is 8.59. The van der Waals surface area contributed by atoms with Crippen molar-refractivity contribution in [3.05, 3.63) is 37.5 Å². The van der Waals surface area contributed by atoms with Crippen molar-refractivity contribution in [3.8, 4) is 0 Å². The van der Waals surface area contributed by atoms with Crippen molar-refractivity contribution >= 4 is 29.6 Å². The van der Waals surface area contributed by atoms with E-state index in [0.717, 1.165) is 19.3 Å². The van der Waals surface area contributed by atoms with E-state index in [4.69, 9.17) is 4.74 Å². The van der Waals surface area contributed by atoms with Crippen molar-refractivity contribution in [2.24, 2.45) is 23.2 Å². The highest BCUT2D eigenvalue weighted by atomic mass is 16.6. The summed E-state index contributed by atoms with van der Waals surface area (Å²) in [4.78, 5) is 68.0. The highest BCUT2D eigenvalue weighted by molar-refractivity contribution is 6.38. The van der Waals surface area contributed by atoms with Gasteiger partial charge in [0.15, 0.2) is 0 Å². The molecule has 1 saturated heterocycles. The van der Waals surface area contributed by atoms with Crippen LogP contribution < -0.4 is 16.0 Å². The second kappa shape index (κ2) is 13.7. The van der Waals surface area contributed by atoms with E-state index in [1.165, 1.54) is 6.08 Å². The number of nitrogens with one attached hydrogen (secondary N) is 3. The first-order valence-electron chi connectivity index (χ1n) is 15.0. The van der Waals surface area contributed by atoms with Crippen LogP contribution in [0.2, 0.25) is 0 Å². The maximum Gasteiger partial charge on any atom is 0.408 e. The fourth-order valence-corrected chi connectivity index (χ4v) is 6.29. The molecule has 1 heterocycles. The Kier molecular flexibility index (Phi) is 10.8. The van der Waals surface area contributed by atoms with E-state index >= 15 is 0 Å². The van der Waals surface area contributed by atoms with E-state index in [-0.39, 0.29) is 42.0 Å². The summed E-state index contributed by atoms with van der Waals surface area (Å²) in [7, 11) is 0. The monoisotopic (exact) mass is 584 g/mol. The van der Waals surface area contributed by atoms with Crippen LogP contribution in [0.5, 0.6) is 0 Å². The summed E-state index contributed by atoms with van der Waals surface area (Å²) in [5.74, 6) is -2.67. The highest BCUT2D eigenvalue weighted by Gasteiger charge is 2.69. The summed E-state index contributed by atoms with van der Waals surface area (Å²) in [5.41, 5.74) is -0.916. The van der Waals surface area contributed by atoms with Crippen molar-refractivity contribution in [1.82, 2.24) is 20.9 Å². The Morgan fingerprint density at radius 1 is 1.10 bits per heavy atom. The molecule has 0 radical (unpaired) electrons. The summed E-state index contributed by atoms with van der Waals surface area (Å²) in [6.45, 7) is 17.1. The van der Waals surface area contributed by atoms with Crippen LogP contribution in [0, 0.1) is 23.2 Å². The molecule has 3 N–H and O–H groups in total. The van der Waals surface area contributed by atoms with Gasteiger partial charge in [0.2, 0.25) is 17.6 Å². The Morgan fingerprint density at radius 2 is 1.81 bits per heavy atom. The molecule has 0 spiro atoms. The van der Waals surface area contributed by atoms with Crippen LogP contribution in [0.25, 0.3) is 0 Å². The number of allylic oxidation sites excluding steroid dienone is 2. The van der Waals surface area contributed by atoms with Crippen LogP contribution >= 0.6 is 0 Å². The van der Waals surface area contributed by atoms with Gasteiger partial charge in [0.05, 0.1) is 6.04 Å². The molecule has 10 nitrogen and oxygen atoms in total. The number of ether oxygens (including phenoxy) is 1. The van der Waals surface area contributed by atoms with Gasteiger partial charge in [-0.05, 0) is 70.1 Å². The Hall–Kier alpha value is -3.43. The van der Waals surface area contributed by atoms with Crippen LogP contribution in [-0.2, 0) is 23.9 Å². The van der Waals surface area contributed by atoms with Gasteiger partial charge in [-0.2, -0.15) is 0 Å². The van der Waals surface area contributed by atoms with Gasteiger partial charge in [0, 0.05) is 19.0 Å². The molecule has 232 valence electrons. The predicted octanol–water partition coefficient (Wildman–Crippen LogP) is 3.43. The fraction of sp³-hybridized carbons (Fsp3) is 0.656. The summed E-state index contributed by atoms with van der Waals surface area (Å²) in [6.07, 6.45) is 10.5. The molecule has 0 aromatic heterocycles. The standard InChI is InChI=1S/C32H48N4O6/c1-8-10-17-22(26(37)28(39)33-18-9-2)34-27(38)25-23-21(32(23,6)7)19-36(25)29(40)24(20-15-13-11-12-14-16-20)35-30(41)42-31(3,4)5/h8-9,13,15,20-25H,1-2,10-12,14,16-19H2,3-7H3,(H,33,39)(H,34,38)(H,35,41)/t20?,21?,22-,23+,24?,25+/m1/s1. The number of hydrogen-bond donors (Lipinski definition) is 3. The SMILES string of the molecule is C=CCC[C@@H](NC(=O)[C@@H]1[C@@H]2C(CN1C(=O)C(NC(=O)OC(C)(C)C)C1C=CCCCC1)C2(C)C)C(=O)C(=O)NCC=C. The number of alkyl carbamates (subject to hydrolysis) is 1. The van der Waals surface area contributed by atoms with Gasteiger partial charge in [0.1, 0.15) is 17.7 Å². The van der Waals surface area contributed by atoms with Gasteiger partial charge in [0.25, 0.3) is 5.91 Å². The van der Waals surface area contributed by atoms with Crippen LogP contribution in [0.1, 0.15) is 73.1 Å². The van der Waals surface area contributed by atoms with Crippen molar-refractivity contribution in [1.29, 1.82) is 0 Å². The van der Waals surface area contributed by atoms with Crippen molar-refractivity contribution in [2.75, 3.05) is 13.1 Å². The topological polar surface area (TPSA) is 134 Å². The number of hydrogen-bond acceptors (Lipinski definition) is 6. The van der Waals surface area contributed by atoms with Gasteiger partial charge in [-0.1, -0.05) is 44.6 Å². The zero-order valence-corrected chi connectivity index (χ0v) is 25.7. The zero-order chi connectivity index (χ0) is 31.2. The van der Waals surface area contributed by atoms with Crippen molar-refractivity contribution < 1.29 is 28.7 Å². The van der Waals surface area contributed by atoms with Gasteiger partial charge in [-0.25, -0.2) is 4.79 Å². The molecule has 3 unspecified atom stereocenters. The average Bonchev–Trinajstić information content (AvgIpc) is 3.33. The molecular formula is C32H48N4O6. The van der Waals surface area contributed by atoms with Crippen LogP contribution in [0.3, 0.4) is 0 Å². The lowest BCUT2D eigenvalue weighted by Gasteiger charge is -2.35. The van der Waals surface area contributed by atoms with Gasteiger partial charge >= 0.3 is 6.09 Å². The van der Waals surface area contributed by atoms with Gasteiger partial charge in [-0.15, -0.1) is 13.2 Å². The van der Waals surface area contributed by atoms with Crippen LogP contribution in [0.15, 0.2) is 37.5 Å². The second-order valence-corrected chi connectivity index (χ2v) is 13.2. The molecule has 0 aromatic carbocycles. The smallest absolute Gasteiger partial charge is 0.408 e. The summed E-state index contributed by atoms with van der Waals surface area (Å²) < 4.78 is 5.49. The fourth-order valence-electron chi connectivity index (χ4n) is 6.29. The van der Waals surface area contributed by atoms with E-state index in [9.17, 15) is 24.0 Å². The van der Waals surface area contributed by atoms with Gasteiger partial charge < -0.3 is 25.6 Å². The Labute approximate surface area is 249 Å². The number of nitrogens with zero attached hydrogens (tertiary/aromatic N) is 1. The maximum atomic E-state index is 14.3. The van der Waals surface area contributed by atoms with Crippen LogP contribution in [-0.4, -0.2) is 71.3 Å². The normalized spacial score (nSPS) is 25.6. The van der Waals surface area contributed by atoms with E-state index in [1.54, 1.807) is 31.7 Å². The number of ketones is 1. The molecule has 6 atom stereocenters. The first-order chi connectivity index (χ1) is 19.7. The molecule has 3 aliphatic rings. The summed E-state index contributed by atoms with van der Waals surface area (Å²) in [6, 6.07) is -2.82. The minimum absolute atomic E-state index is 0.0993. The maximum absolute atomic E-state index is 14.3. The molecule has 1 aliphatic heterocycles. The van der Waals surface area contributed by atoms with Crippen LogP contribution in [0.4, 0.5) is 4.79 Å². The summed E-state index contributed by atoms with van der Waals surface area (Å²) >= 11 is 0. The van der Waals surface area contributed by atoms with E-state index in [1.807, 2.05) is 12.2 Å². The Bertz CT molecular complexity index is 1110. The van der Waals surface area contributed by atoms with Crippen molar-refractivity contribution in [2.45, 2.75) is 96.9 Å². The number of carbonyl (C=O) groups is 5. The number of fused-ring (bicyclic) bond motifs is 1. The molecule has 4 amide bonds. The summed E-state index contributed by atoms with van der Waals surface area (Å²) in [5, 5.41) is 8.08. The zero-order valence-electron chi connectivity index (χ0n) is 25.7. The lowest BCUT2D eigenvalue weighted by atomic mass is 9.92. The van der Waals surface area contributed by atoms with E-state index in [2.05, 4.69) is 43.0 Å². The number of piperidine rings is 1. The molecule has 0 aromatic rings. The molecular weight excluding hydrogens is 536 g/mol. The molecule has 10 heteroatoms. The lowest BCUT2D eigenvalue weighted by Crippen LogP contribution is -2.59. The lowest BCUT2D eigenvalue weighted by molar-refractivity contribution is -0.144. The second-order valence-electron chi connectivity index (χ2n) is 13.2. The first kappa shape index (κ1) is 33.1. The third kappa shape index (κ3) is 7.89. The number of amides is 4. The van der Waals surface area contributed by atoms with E-state index in [0.29, 0.717) is 19.4 Å². The molecule has 0 bridgehead atoms. The quantitative estimate of drug-likeness (QED) is 0.238. The molecule has 3 rings (SSSR count). The highest BCUT2D eigenvalue weighted by Crippen LogP contribution is 2.65. The number of carbonyl (C=O) groups excluding carboxylic acids is 5. The average molecular weight is 585 g/mol. The van der Waals surface area contributed by atoms with Crippen molar-refractivity contribution in [3.63, 3.8) is 0 Å². The largest absolute Gasteiger partial charge is 0.444 e. The minimum atomic E-state index is -1.07. The molecule has 42 heavy (non-hydrogen) atoms. The Morgan fingerprint density at radius 3 is 2.45 bits per heavy atom. The van der Waals surface area contributed by atoms with Gasteiger partial charge in [-0.3, -0.25) is 19.2 Å². The third-order valence-electron chi connectivity index (χ3n) is 8.59. The first-order valence-corrected chi connectivity index (χ1v) is 15.0. The molecule has 2 aliphatic carbocycles. The molecule has 1 saturated carbocycles.